The molecule has 0 aliphatic heterocycles. The first kappa shape index (κ1) is 14.8. The summed E-state index contributed by atoms with van der Waals surface area (Å²) in [6.07, 6.45) is -0.0152. The van der Waals surface area contributed by atoms with Crippen LogP contribution in [-0.4, -0.2) is 41.1 Å². The Morgan fingerprint density at radius 2 is 1.72 bits per heavy atom. The van der Waals surface area contributed by atoms with Gasteiger partial charge in [0.05, 0.1) is 6.42 Å². The number of carbonyl (C=O) groups excluding carboxylic acids is 1. The second-order valence-electron chi connectivity index (χ2n) is 6.05. The standard InChI is InChI=1S/C13H24N2O3/c1-6-15(8-7-9(16)17)11(18)14-10-12(2,3)13(10,4)5/h10H,6-8H2,1-5H3,(H,14,18)(H,16,17). The molecular formula is C13H24N2O3. The molecule has 0 heterocycles. The molecule has 1 saturated carbocycles. The Balaban J connectivity index is 2.52. The maximum Gasteiger partial charge on any atom is 0.317 e. The molecule has 5 nitrogen and oxygen atoms in total. The van der Waals surface area contributed by atoms with E-state index in [4.69, 9.17) is 5.11 Å². The van der Waals surface area contributed by atoms with Gasteiger partial charge in [-0.2, -0.15) is 0 Å². The van der Waals surface area contributed by atoms with Crippen LogP contribution >= 0.6 is 0 Å². The first-order chi connectivity index (χ1) is 8.14. The van der Waals surface area contributed by atoms with Crippen LogP contribution in [-0.2, 0) is 4.79 Å². The zero-order chi connectivity index (χ0) is 14.1. The molecular weight excluding hydrogens is 232 g/mol. The normalized spacial score (nSPS) is 20.3. The minimum absolute atomic E-state index is 0.0152. The van der Waals surface area contributed by atoms with E-state index in [1.165, 1.54) is 0 Å². The smallest absolute Gasteiger partial charge is 0.317 e. The SMILES string of the molecule is CCN(CCC(=O)O)C(=O)NC1C(C)(C)C1(C)C. The molecule has 2 N–H and O–H groups in total. The highest BCUT2D eigenvalue weighted by atomic mass is 16.4. The van der Waals surface area contributed by atoms with Crippen LogP contribution in [0, 0.1) is 10.8 Å². The maximum atomic E-state index is 12.0. The number of carbonyl (C=O) groups is 2. The number of urea groups is 1. The fourth-order valence-electron chi connectivity index (χ4n) is 2.41. The average molecular weight is 256 g/mol. The van der Waals surface area contributed by atoms with Crippen molar-refractivity contribution < 1.29 is 14.7 Å². The van der Waals surface area contributed by atoms with Crippen LogP contribution in [0.25, 0.3) is 0 Å². The zero-order valence-electron chi connectivity index (χ0n) is 11.9. The molecule has 0 atom stereocenters. The molecule has 1 rings (SSSR count). The summed E-state index contributed by atoms with van der Waals surface area (Å²) < 4.78 is 0. The molecule has 104 valence electrons. The number of nitrogens with zero attached hydrogens (tertiary/aromatic N) is 1. The van der Waals surface area contributed by atoms with E-state index < -0.39 is 5.97 Å². The van der Waals surface area contributed by atoms with Gasteiger partial charge < -0.3 is 15.3 Å². The number of aliphatic carboxylic acids is 1. The van der Waals surface area contributed by atoms with Gasteiger partial charge in [-0.3, -0.25) is 4.79 Å². The average Bonchev–Trinajstić information content (AvgIpc) is 2.61. The lowest BCUT2D eigenvalue weighted by atomic mass is 10.0. The summed E-state index contributed by atoms with van der Waals surface area (Å²) in [5.74, 6) is -0.881. The fourth-order valence-corrected chi connectivity index (χ4v) is 2.41. The molecule has 0 aromatic carbocycles. The summed E-state index contributed by atoms with van der Waals surface area (Å²) >= 11 is 0. The number of carboxylic acid groups (broad SMARTS) is 1. The van der Waals surface area contributed by atoms with Gasteiger partial charge in [-0.25, -0.2) is 4.79 Å². The fraction of sp³-hybridized carbons (Fsp3) is 0.846. The molecule has 0 unspecified atom stereocenters. The third-order valence-corrected chi connectivity index (χ3v) is 4.55. The van der Waals surface area contributed by atoms with Gasteiger partial charge in [0.2, 0.25) is 0 Å². The molecule has 2 amide bonds. The Morgan fingerprint density at radius 1 is 1.22 bits per heavy atom. The molecule has 1 aliphatic rings. The third-order valence-electron chi connectivity index (χ3n) is 4.55. The number of amides is 2. The summed E-state index contributed by atoms with van der Waals surface area (Å²) in [6.45, 7) is 11.1. The number of carboxylic acids is 1. The van der Waals surface area contributed by atoms with Gasteiger partial charge in [0.1, 0.15) is 0 Å². The van der Waals surface area contributed by atoms with Gasteiger partial charge in [-0.05, 0) is 17.8 Å². The van der Waals surface area contributed by atoms with Crippen LogP contribution in [0.1, 0.15) is 41.0 Å². The minimum atomic E-state index is -0.881. The highest BCUT2D eigenvalue weighted by Crippen LogP contribution is 2.62. The van der Waals surface area contributed by atoms with Crippen molar-refractivity contribution in [3.05, 3.63) is 0 Å². The Labute approximate surface area is 109 Å². The van der Waals surface area contributed by atoms with E-state index >= 15 is 0 Å². The van der Waals surface area contributed by atoms with Crippen molar-refractivity contribution in [1.82, 2.24) is 10.2 Å². The molecule has 5 heteroatoms. The van der Waals surface area contributed by atoms with Crippen LogP contribution in [0.15, 0.2) is 0 Å². The molecule has 1 fully saturated rings. The van der Waals surface area contributed by atoms with E-state index in [-0.39, 0.29) is 35.9 Å². The highest BCUT2D eigenvalue weighted by Gasteiger charge is 2.65. The summed E-state index contributed by atoms with van der Waals surface area (Å²) in [5.41, 5.74) is 0.184. The Bertz CT molecular complexity index is 336. The summed E-state index contributed by atoms with van der Waals surface area (Å²) in [7, 11) is 0. The summed E-state index contributed by atoms with van der Waals surface area (Å²) in [4.78, 5) is 24.1. The Hall–Kier alpha value is -1.26. The lowest BCUT2D eigenvalue weighted by Crippen LogP contribution is -2.43. The first-order valence-electron chi connectivity index (χ1n) is 6.41. The molecule has 0 aromatic heterocycles. The first-order valence-corrected chi connectivity index (χ1v) is 6.41. The lowest BCUT2D eigenvalue weighted by molar-refractivity contribution is -0.137. The van der Waals surface area contributed by atoms with Crippen LogP contribution in [0.4, 0.5) is 4.79 Å². The van der Waals surface area contributed by atoms with Gasteiger partial charge in [0.15, 0.2) is 0 Å². The van der Waals surface area contributed by atoms with Crippen molar-refractivity contribution in [2.45, 2.75) is 47.1 Å². The topological polar surface area (TPSA) is 69.6 Å². The zero-order valence-corrected chi connectivity index (χ0v) is 11.9. The number of rotatable bonds is 5. The van der Waals surface area contributed by atoms with Crippen LogP contribution in [0.3, 0.4) is 0 Å². The molecule has 1 aliphatic carbocycles. The van der Waals surface area contributed by atoms with Gasteiger partial charge >= 0.3 is 12.0 Å². The Morgan fingerprint density at radius 3 is 2.06 bits per heavy atom. The van der Waals surface area contributed by atoms with Crippen molar-refractivity contribution in [3.63, 3.8) is 0 Å². The molecule has 0 spiro atoms. The van der Waals surface area contributed by atoms with Crippen molar-refractivity contribution in [3.8, 4) is 0 Å². The Kier molecular flexibility index (Phi) is 3.93. The molecule has 0 saturated heterocycles. The second-order valence-corrected chi connectivity index (χ2v) is 6.05. The van der Waals surface area contributed by atoms with Gasteiger partial charge in [0, 0.05) is 19.1 Å². The van der Waals surface area contributed by atoms with Gasteiger partial charge in [-0.1, -0.05) is 27.7 Å². The maximum absolute atomic E-state index is 12.0. The predicted molar refractivity (Wildman–Crippen MR) is 69.4 cm³/mol. The minimum Gasteiger partial charge on any atom is -0.481 e. The van der Waals surface area contributed by atoms with E-state index in [1.54, 1.807) is 4.90 Å². The molecule has 0 aromatic rings. The second kappa shape index (κ2) is 4.78. The molecule has 0 bridgehead atoms. The van der Waals surface area contributed by atoms with Crippen molar-refractivity contribution in [1.29, 1.82) is 0 Å². The van der Waals surface area contributed by atoms with E-state index in [1.807, 2.05) is 6.92 Å². The number of nitrogens with one attached hydrogen (secondary N) is 1. The van der Waals surface area contributed by atoms with Crippen molar-refractivity contribution >= 4 is 12.0 Å². The van der Waals surface area contributed by atoms with E-state index in [0.717, 1.165) is 0 Å². The van der Waals surface area contributed by atoms with Crippen LogP contribution < -0.4 is 5.32 Å². The predicted octanol–water partition coefficient (Wildman–Crippen LogP) is 1.93. The molecule has 18 heavy (non-hydrogen) atoms. The monoisotopic (exact) mass is 256 g/mol. The molecule has 0 radical (unpaired) electrons. The number of hydrogen-bond donors (Lipinski definition) is 2. The third kappa shape index (κ3) is 2.60. The summed E-state index contributed by atoms with van der Waals surface area (Å²) in [5, 5.41) is 11.6. The van der Waals surface area contributed by atoms with Crippen LogP contribution in [0.5, 0.6) is 0 Å². The van der Waals surface area contributed by atoms with Crippen molar-refractivity contribution in [2.24, 2.45) is 10.8 Å². The highest BCUT2D eigenvalue weighted by molar-refractivity contribution is 5.76. The van der Waals surface area contributed by atoms with E-state index in [0.29, 0.717) is 6.54 Å². The van der Waals surface area contributed by atoms with Gasteiger partial charge in [-0.15, -0.1) is 0 Å². The quantitative estimate of drug-likeness (QED) is 0.789. The lowest BCUT2D eigenvalue weighted by Gasteiger charge is -2.21. The van der Waals surface area contributed by atoms with Crippen LogP contribution in [0.2, 0.25) is 0 Å². The largest absolute Gasteiger partial charge is 0.481 e. The van der Waals surface area contributed by atoms with E-state index in [9.17, 15) is 9.59 Å². The van der Waals surface area contributed by atoms with Gasteiger partial charge in [0.25, 0.3) is 0 Å². The van der Waals surface area contributed by atoms with Crippen molar-refractivity contribution in [2.75, 3.05) is 13.1 Å². The van der Waals surface area contributed by atoms with E-state index in [2.05, 4.69) is 33.0 Å². The number of hydrogen-bond acceptors (Lipinski definition) is 2. The summed E-state index contributed by atoms with van der Waals surface area (Å²) in [6, 6.07) is -0.0150.